The number of carbonyl (C=O) groups excluding carboxylic acids is 2. The number of likely N-dealkylation sites (tertiary alicyclic amines) is 1. The molecule has 0 aromatic rings. The van der Waals surface area contributed by atoms with E-state index >= 15 is 0 Å². The molecule has 1 heterocycles. The van der Waals surface area contributed by atoms with E-state index in [0.29, 0.717) is 38.3 Å². The summed E-state index contributed by atoms with van der Waals surface area (Å²) in [5.74, 6) is 0.815. The van der Waals surface area contributed by atoms with E-state index in [9.17, 15) is 9.59 Å². The Morgan fingerprint density at radius 2 is 2.25 bits per heavy atom. The van der Waals surface area contributed by atoms with Crippen molar-refractivity contribution in [3.63, 3.8) is 0 Å². The van der Waals surface area contributed by atoms with E-state index in [1.165, 1.54) is 0 Å². The number of carbonyl (C=O) groups is 2. The first-order valence-electron chi connectivity index (χ1n) is 7.47. The number of rotatable bonds is 6. The maximum atomic E-state index is 12.0. The lowest BCUT2D eigenvalue weighted by atomic mass is 9.98. The molecule has 1 saturated heterocycles. The molecule has 1 aliphatic rings. The molecule has 1 fully saturated rings. The highest BCUT2D eigenvalue weighted by molar-refractivity contribution is 5.79. The summed E-state index contributed by atoms with van der Waals surface area (Å²) in [7, 11) is 1.71. The van der Waals surface area contributed by atoms with Crippen molar-refractivity contribution in [2.24, 2.45) is 5.92 Å². The fourth-order valence-electron chi connectivity index (χ4n) is 2.50. The van der Waals surface area contributed by atoms with Gasteiger partial charge in [0.2, 0.25) is 11.8 Å². The Balaban J connectivity index is 2.38. The van der Waals surface area contributed by atoms with Crippen LogP contribution in [0.2, 0.25) is 0 Å². The minimum atomic E-state index is 0.00402. The normalized spacial score (nSPS) is 19.4. The third kappa shape index (κ3) is 5.20. The van der Waals surface area contributed by atoms with Crippen LogP contribution in [0.4, 0.5) is 0 Å². The Kier molecular flexibility index (Phi) is 7.06. The van der Waals surface area contributed by atoms with E-state index in [1.807, 2.05) is 11.0 Å². The lowest BCUT2D eigenvalue weighted by molar-refractivity contribution is -0.133. The molecule has 0 N–H and O–H groups in total. The third-order valence-electron chi connectivity index (χ3n) is 4.08. The second kappa shape index (κ2) is 8.57. The number of hydrogen-bond donors (Lipinski definition) is 0. The van der Waals surface area contributed by atoms with Gasteiger partial charge in [0.25, 0.3) is 0 Å². The van der Waals surface area contributed by atoms with Gasteiger partial charge in [-0.25, -0.2) is 0 Å². The topological polar surface area (TPSA) is 64.4 Å². The first kappa shape index (κ1) is 16.5. The van der Waals surface area contributed by atoms with Gasteiger partial charge in [0.05, 0.1) is 12.5 Å². The van der Waals surface area contributed by atoms with Crippen molar-refractivity contribution in [2.45, 2.75) is 45.4 Å². The van der Waals surface area contributed by atoms with Crippen LogP contribution in [0.1, 0.15) is 45.4 Å². The molecule has 1 aliphatic heterocycles. The Hall–Kier alpha value is -1.57. The molecule has 0 radical (unpaired) electrons. The summed E-state index contributed by atoms with van der Waals surface area (Å²) in [6.07, 6.45) is 4.45. The predicted molar refractivity (Wildman–Crippen MR) is 76.7 cm³/mol. The molecule has 1 unspecified atom stereocenters. The van der Waals surface area contributed by atoms with Gasteiger partial charge in [-0.15, -0.1) is 0 Å². The van der Waals surface area contributed by atoms with Crippen LogP contribution < -0.4 is 0 Å². The summed E-state index contributed by atoms with van der Waals surface area (Å²) in [6, 6.07) is 2.03. The Morgan fingerprint density at radius 3 is 2.90 bits per heavy atom. The van der Waals surface area contributed by atoms with Crippen LogP contribution in [-0.2, 0) is 9.59 Å². The van der Waals surface area contributed by atoms with Gasteiger partial charge in [-0.1, -0.05) is 13.3 Å². The van der Waals surface area contributed by atoms with E-state index in [0.717, 1.165) is 25.8 Å². The number of nitrogens with zero attached hydrogens (tertiary/aromatic N) is 3. The molecule has 112 valence electrons. The van der Waals surface area contributed by atoms with E-state index in [1.54, 1.807) is 11.9 Å². The summed E-state index contributed by atoms with van der Waals surface area (Å²) in [4.78, 5) is 27.3. The number of amides is 2. The molecule has 1 atom stereocenters. The van der Waals surface area contributed by atoms with Crippen LogP contribution >= 0.6 is 0 Å². The molecule has 20 heavy (non-hydrogen) atoms. The average molecular weight is 279 g/mol. The molecule has 5 heteroatoms. The van der Waals surface area contributed by atoms with E-state index in [2.05, 4.69) is 6.92 Å². The molecule has 0 spiro atoms. The maximum absolute atomic E-state index is 12.0. The SMILES string of the molecule is CCC1CCC(=O)N(CCC(=O)N(C)CCC#N)CC1. The van der Waals surface area contributed by atoms with Gasteiger partial charge in [0, 0.05) is 39.5 Å². The zero-order chi connectivity index (χ0) is 15.0. The van der Waals surface area contributed by atoms with Crippen LogP contribution in [0.25, 0.3) is 0 Å². The minimum absolute atomic E-state index is 0.00402. The smallest absolute Gasteiger partial charge is 0.224 e. The molecule has 0 aromatic heterocycles. The van der Waals surface area contributed by atoms with Gasteiger partial charge < -0.3 is 9.80 Å². The molecular weight excluding hydrogens is 254 g/mol. The maximum Gasteiger partial charge on any atom is 0.224 e. The fraction of sp³-hybridized carbons (Fsp3) is 0.800. The molecule has 0 aliphatic carbocycles. The lowest BCUT2D eigenvalue weighted by Gasteiger charge is -2.22. The summed E-state index contributed by atoms with van der Waals surface area (Å²) < 4.78 is 0. The highest BCUT2D eigenvalue weighted by atomic mass is 16.2. The molecule has 0 bridgehead atoms. The summed E-state index contributed by atoms with van der Waals surface area (Å²) in [5.41, 5.74) is 0. The van der Waals surface area contributed by atoms with Crippen LogP contribution in [-0.4, -0.2) is 48.3 Å². The quantitative estimate of drug-likeness (QED) is 0.744. The molecule has 0 aromatic carbocycles. The van der Waals surface area contributed by atoms with Gasteiger partial charge in [0.15, 0.2) is 0 Å². The molecule has 0 saturated carbocycles. The van der Waals surface area contributed by atoms with E-state index in [-0.39, 0.29) is 11.8 Å². The van der Waals surface area contributed by atoms with Crippen LogP contribution in [0, 0.1) is 17.2 Å². The minimum Gasteiger partial charge on any atom is -0.345 e. The summed E-state index contributed by atoms with van der Waals surface area (Å²) in [5, 5.41) is 8.50. The van der Waals surface area contributed by atoms with Crippen molar-refractivity contribution in [1.29, 1.82) is 5.26 Å². The Morgan fingerprint density at radius 1 is 1.50 bits per heavy atom. The van der Waals surface area contributed by atoms with Gasteiger partial charge in [-0.05, 0) is 18.8 Å². The van der Waals surface area contributed by atoms with Gasteiger partial charge in [-0.3, -0.25) is 9.59 Å². The average Bonchev–Trinajstić information content (AvgIpc) is 2.64. The van der Waals surface area contributed by atoms with Gasteiger partial charge in [-0.2, -0.15) is 5.26 Å². The number of hydrogen-bond acceptors (Lipinski definition) is 3. The van der Waals surface area contributed by atoms with Crippen molar-refractivity contribution in [2.75, 3.05) is 26.7 Å². The molecule has 5 nitrogen and oxygen atoms in total. The second-order valence-electron chi connectivity index (χ2n) is 5.46. The van der Waals surface area contributed by atoms with Crippen molar-refractivity contribution in [3.05, 3.63) is 0 Å². The van der Waals surface area contributed by atoms with E-state index in [4.69, 9.17) is 5.26 Å². The van der Waals surface area contributed by atoms with Crippen molar-refractivity contribution < 1.29 is 9.59 Å². The Bertz CT molecular complexity index is 376. The van der Waals surface area contributed by atoms with Crippen LogP contribution in [0.3, 0.4) is 0 Å². The molecule has 2 amide bonds. The van der Waals surface area contributed by atoms with Crippen molar-refractivity contribution >= 4 is 11.8 Å². The summed E-state index contributed by atoms with van der Waals surface area (Å²) in [6.45, 7) is 3.90. The number of nitriles is 1. The second-order valence-corrected chi connectivity index (χ2v) is 5.46. The van der Waals surface area contributed by atoms with E-state index < -0.39 is 0 Å². The van der Waals surface area contributed by atoms with Crippen molar-refractivity contribution in [3.8, 4) is 6.07 Å². The van der Waals surface area contributed by atoms with Crippen molar-refractivity contribution in [1.82, 2.24) is 9.80 Å². The predicted octanol–water partition coefficient (Wildman–Crippen LogP) is 1.79. The monoisotopic (exact) mass is 279 g/mol. The van der Waals surface area contributed by atoms with Gasteiger partial charge >= 0.3 is 0 Å². The Labute approximate surface area is 121 Å². The first-order chi connectivity index (χ1) is 9.58. The van der Waals surface area contributed by atoms with Crippen LogP contribution in [0.5, 0.6) is 0 Å². The highest BCUT2D eigenvalue weighted by Crippen LogP contribution is 2.21. The van der Waals surface area contributed by atoms with Gasteiger partial charge in [0.1, 0.15) is 0 Å². The van der Waals surface area contributed by atoms with Crippen LogP contribution in [0.15, 0.2) is 0 Å². The third-order valence-corrected chi connectivity index (χ3v) is 4.08. The molecule has 1 rings (SSSR count). The summed E-state index contributed by atoms with van der Waals surface area (Å²) >= 11 is 0. The zero-order valence-electron chi connectivity index (χ0n) is 12.6. The first-order valence-corrected chi connectivity index (χ1v) is 7.47. The highest BCUT2D eigenvalue weighted by Gasteiger charge is 2.22. The molecular formula is C15H25N3O2. The zero-order valence-corrected chi connectivity index (χ0v) is 12.6. The fourth-order valence-corrected chi connectivity index (χ4v) is 2.50. The standard InChI is InChI=1S/C15H25N3O2/c1-3-13-5-6-15(20)18(11-7-13)12-8-14(19)17(2)10-4-9-16/h13H,3-8,10-12H2,1-2H3. The largest absolute Gasteiger partial charge is 0.345 e. The lowest BCUT2D eigenvalue weighted by Crippen LogP contribution is -2.35.